The normalized spacial score (nSPS) is 21.4. The smallest absolute Gasteiger partial charge is 0.329 e. The molecule has 4 rings (SSSR count). The van der Waals surface area contributed by atoms with Crippen LogP contribution < -0.4 is 5.32 Å². The lowest BCUT2D eigenvalue weighted by Crippen LogP contribution is -2.45. The number of aryl methyl sites for hydroxylation is 1. The Bertz CT molecular complexity index is 843. The van der Waals surface area contributed by atoms with Crippen LogP contribution in [-0.2, 0) is 11.3 Å². The molecule has 2 aliphatic heterocycles. The van der Waals surface area contributed by atoms with E-state index in [4.69, 9.17) is 0 Å². The molecule has 9 heteroatoms. The number of hydrogen-bond acceptors (Lipinski definition) is 4. The standard InChI is InChI=1S/C17H20F3N5O/c1-10-4-5-22-16-14(10)15(11-7-21-8-11)23-25(16)9-13(26)24-6-2-3-12(24)17(18,19)20/h4-5,11-12,21H,2-3,6-9H2,1H3/t12-/m0/s1. The van der Waals surface area contributed by atoms with Crippen LogP contribution in [0.5, 0.6) is 0 Å². The van der Waals surface area contributed by atoms with Gasteiger partial charge in [0.1, 0.15) is 12.6 Å². The van der Waals surface area contributed by atoms with Gasteiger partial charge in [-0.15, -0.1) is 0 Å². The van der Waals surface area contributed by atoms with Crippen LogP contribution >= 0.6 is 0 Å². The SMILES string of the molecule is Cc1ccnc2c1c(C1CNC1)nn2CC(=O)N1CCC[C@H]1C(F)(F)F. The number of halogens is 3. The molecule has 2 saturated heterocycles. The van der Waals surface area contributed by atoms with Gasteiger partial charge in [0.15, 0.2) is 5.65 Å². The van der Waals surface area contributed by atoms with Gasteiger partial charge in [-0.05, 0) is 31.4 Å². The Morgan fingerprint density at radius 2 is 2.15 bits per heavy atom. The Morgan fingerprint density at radius 1 is 1.38 bits per heavy atom. The van der Waals surface area contributed by atoms with Crippen molar-refractivity contribution in [1.82, 2.24) is 25.0 Å². The molecule has 4 heterocycles. The van der Waals surface area contributed by atoms with Crippen LogP contribution in [0.25, 0.3) is 11.0 Å². The van der Waals surface area contributed by atoms with Crippen molar-refractivity contribution in [3.63, 3.8) is 0 Å². The van der Waals surface area contributed by atoms with Crippen molar-refractivity contribution >= 4 is 16.9 Å². The lowest BCUT2D eigenvalue weighted by Gasteiger charge is -2.26. The number of fused-ring (bicyclic) bond motifs is 1. The van der Waals surface area contributed by atoms with E-state index in [9.17, 15) is 18.0 Å². The highest BCUT2D eigenvalue weighted by Gasteiger charge is 2.47. The molecule has 0 aliphatic carbocycles. The van der Waals surface area contributed by atoms with E-state index in [2.05, 4.69) is 15.4 Å². The second kappa shape index (κ2) is 6.22. The molecule has 1 atom stereocenters. The molecular formula is C17H20F3N5O. The van der Waals surface area contributed by atoms with E-state index in [1.54, 1.807) is 6.20 Å². The first kappa shape index (κ1) is 17.3. The number of aromatic nitrogens is 3. The fourth-order valence-electron chi connectivity index (χ4n) is 3.79. The molecule has 0 unspecified atom stereocenters. The first-order chi connectivity index (χ1) is 12.4. The number of rotatable bonds is 3. The maximum absolute atomic E-state index is 13.1. The number of likely N-dealkylation sites (tertiary alicyclic amines) is 1. The number of pyridine rings is 1. The van der Waals surface area contributed by atoms with Crippen molar-refractivity contribution < 1.29 is 18.0 Å². The summed E-state index contributed by atoms with van der Waals surface area (Å²) >= 11 is 0. The van der Waals surface area contributed by atoms with Gasteiger partial charge in [0.05, 0.1) is 5.69 Å². The van der Waals surface area contributed by atoms with Crippen LogP contribution in [0.1, 0.15) is 30.0 Å². The summed E-state index contributed by atoms with van der Waals surface area (Å²) in [4.78, 5) is 17.9. The van der Waals surface area contributed by atoms with Crippen molar-refractivity contribution in [1.29, 1.82) is 0 Å². The Kier molecular flexibility index (Phi) is 4.13. The quantitative estimate of drug-likeness (QED) is 0.901. The number of hydrogen-bond donors (Lipinski definition) is 1. The Labute approximate surface area is 148 Å². The van der Waals surface area contributed by atoms with Gasteiger partial charge >= 0.3 is 6.18 Å². The summed E-state index contributed by atoms with van der Waals surface area (Å²) < 4.78 is 40.9. The third kappa shape index (κ3) is 2.84. The predicted molar refractivity (Wildman–Crippen MR) is 88.7 cm³/mol. The molecule has 2 aromatic rings. The summed E-state index contributed by atoms with van der Waals surface area (Å²) in [6, 6.07) is 0.188. The lowest BCUT2D eigenvalue weighted by atomic mass is 9.96. The van der Waals surface area contributed by atoms with E-state index in [-0.39, 0.29) is 25.4 Å². The molecule has 0 bridgehead atoms. The largest absolute Gasteiger partial charge is 0.408 e. The summed E-state index contributed by atoms with van der Waals surface area (Å²) in [5.74, 6) is -0.317. The van der Waals surface area contributed by atoms with E-state index >= 15 is 0 Å². The van der Waals surface area contributed by atoms with Gasteiger partial charge in [0.25, 0.3) is 0 Å². The highest BCUT2D eigenvalue weighted by molar-refractivity contribution is 5.85. The molecular weight excluding hydrogens is 347 g/mol. The van der Waals surface area contributed by atoms with Gasteiger partial charge in [0, 0.05) is 37.1 Å². The minimum Gasteiger partial charge on any atom is -0.329 e. The fourth-order valence-corrected chi connectivity index (χ4v) is 3.79. The van der Waals surface area contributed by atoms with Crippen LogP contribution in [0.2, 0.25) is 0 Å². The van der Waals surface area contributed by atoms with Gasteiger partial charge in [0.2, 0.25) is 5.91 Å². The minimum absolute atomic E-state index is 0.0363. The molecule has 2 aliphatic rings. The average molecular weight is 367 g/mol. The number of nitrogens with one attached hydrogen (secondary N) is 1. The minimum atomic E-state index is -4.39. The van der Waals surface area contributed by atoms with Gasteiger partial charge in [-0.1, -0.05) is 0 Å². The molecule has 0 radical (unpaired) electrons. The van der Waals surface area contributed by atoms with E-state index in [1.807, 2.05) is 13.0 Å². The van der Waals surface area contributed by atoms with Crippen LogP contribution in [-0.4, -0.2) is 57.4 Å². The molecule has 1 N–H and O–H groups in total. The third-order valence-corrected chi connectivity index (χ3v) is 5.27. The Hall–Kier alpha value is -2.16. The molecule has 2 aromatic heterocycles. The molecule has 1 amide bonds. The van der Waals surface area contributed by atoms with Crippen molar-refractivity contribution in [3.8, 4) is 0 Å². The van der Waals surface area contributed by atoms with Crippen LogP contribution in [0.15, 0.2) is 12.3 Å². The van der Waals surface area contributed by atoms with Gasteiger partial charge in [-0.25, -0.2) is 9.67 Å². The van der Waals surface area contributed by atoms with Crippen LogP contribution in [0, 0.1) is 6.92 Å². The number of nitrogens with zero attached hydrogens (tertiary/aromatic N) is 4. The molecule has 0 spiro atoms. The zero-order chi connectivity index (χ0) is 18.5. The second-order valence-corrected chi connectivity index (χ2v) is 7.01. The van der Waals surface area contributed by atoms with E-state index in [1.165, 1.54) is 4.68 Å². The summed E-state index contributed by atoms with van der Waals surface area (Å²) in [6.07, 6.45) is -2.43. The van der Waals surface area contributed by atoms with Gasteiger partial charge in [-0.2, -0.15) is 18.3 Å². The van der Waals surface area contributed by atoms with Crippen LogP contribution in [0.3, 0.4) is 0 Å². The maximum atomic E-state index is 13.1. The summed E-state index contributed by atoms with van der Waals surface area (Å²) in [5.41, 5.74) is 2.43. The Morgan fingerprint density at radius 3 is 2.81 bits per heavy atom. The molecule has 26 heavy (non-hydrogen) atoms. The van der Waals surface area contributed by atoms with E-state index in [0.717, 1.165) is 34.6 Å². The summed E-state index contributed by atoms with van der Waals surface area (Å²) in [7, 11) is 0. The van der Waals surface area contributed by atoms with Crippen molar-refractivity contribution in [2.75, 3.05) is 19.6 Å². The molecule has 140 valence electrons. The highest BCUT2D eigenvalue weighted by atomic mass is 19.4. The van der Waals surface area contributed by atoms with Crippen molar-refractivity contribution in [2.45, 2.75) is 44.4 Å². The summed E-state index contributed by atoms with van der Waals surface area (Å²) in [5, 5.41) is 8.65. The number of alkyl halides is 3. The summed E-state index contributed by atoms with van der Waals surface area (Å²) in [6.45, 7) is 3.47. The zero-order valence-electron chi connectivity index (χ0n) is 14.4. The average Bonchev–Trinajstić information content (AvgIpc) is 3.12. The van der Waals surface area contributed by atoms with Crippen molar-refractivity contribution in [3.05, 3.63) is 23.5 Å². The van der Waals surface area contributed by atoms with E-state index < -0.39 is 18.1 Å². The van der Waals surface area contributed by atoms with Gasteiger partial charge in [-0.3, -0.25) is 4.79 Å². The first-order valence-corrected chi connectivity index (χ1v) is 8.75. The first-order valence-electron chi connectivity index (χ1n) is 8.75. The number of carbonyl (C=O) groups excluding carboxylic acids is 1. The van der Waals surface area contributed by atoms with Crippen LogP contribution in [0.4, 0.5) is 13.2 Å². The lowest BCUT2D eigenvalue weighted by molar-refractivity contribution is -0.183. The molecule has 6 nitrogen and oxygen atoms in total. The highest BCUT2D eigenvalue weighted by Crippen LogP contribution is 2.33. The van der Waals surface area contributed by atoms with Crippen molar-refractivity contribution in [2.24, 2.45) is 0 Å². The Balaban J connectivity index is 1.65. The monoisotopic (exact) mass is 367 g/mol. The zero-order valence-corrected chi connectivity index (χ0v) is 14.4. The second-order valence-electron chi connectivity index (χ2n) is 7.01. The third-order valence-electron chi connectivity index (χ3n) is 5.27. The number of carbonyl (C=O) groups is 1. The number of amides is 1. The molecule has 0 aromatic carbocycles. The topological polar surface area (TPSA) is 63.1 Å². The molecule has 0 saturated carbocycles. The predicted octanol–water partition coefficient (Wildman–Crippen LogP) is 1.98. The molecule has 2 fully saturated rings. The maximum Gasteiger partial charge on any atom is 0.408 e. The fraction of sp³-hybridized carbons (Fsp3) is 0.588. The van der Waals surface area contributed by atoms with E-state index in [0.29, 0.717) is 12.1 Å². The van der Waals surface area contributed by atoms with Gasteiger partial charge < -0.3 is 10.2 Å².